The fourth-order valence-corrected chi connectivity index (χ4v) is 4.40. The molecule has 0 saturated carbocycles. The number of thiophene rings is 1. The Bertz CT molecular complexity index is 1280. The lowest BCUT2D eigenvalue weighted by molar-refractivity contribution is -0.119. The van der Waals surface area contributed by atoms with Crippen LogP contribution in [0.15, 0.2) is 57.4 Å². The molecule has 0 bridgehead atoms. The molecular weight excluding hydrogens is 496 g/mol. The lowest BCUT2D eigenvalue weighted by Gasteiger charge is -2.09. The summed E-state index contributed by atoms with van der Waals surface area (Å²) in [5.74, 6) is -5.63. The number of amides is 1. The van der Waals surface area contributed by atoms with E-state index in [0.29, 0.717) is 11.3 Å². The minimum Gasteiger partial charge on any atom is -0.464 e. The molecule has 0 unspecified atom stereocenters. The molecule has 0 spiro atoms. The molecule has 0 aliphatic rings. The van der Waals surface area contributed by atoms with Crippen LogP contribution in [0.2, 0.25) is 0 Å². The van der Waals surface area contributed by atoms with Gasteiger partial charge in [0.05, 0.1) is 23.3 Å². The number of anilines is 1. The molecule has 13 heteroatoms. The summed E-state index contributed by atoms with van der Waals surface area (Å²) < 4.78 is 63.3. The Labute approximate surface area is 196 Å². The summed E-state index contributed by atoms with van der Waals surface area (Å²) in [5, 5.41) is 4.24. The molecule has 0 radical (unpaired) electrons. The zero-order chi connectivity index (χ0) is 24.9. The number of carbonyl (C=O) groups is 3. The SMILES string of the molecule is CCOC(=O)c1c(-c2ccco2)csc1NC(=O)COC(=O)c1ccc(S(=O)(=O)C(F)F)cc1. The summed E-state index contributed by atoms with van der Waals surface area (Å²) in [6, 6.07) is 6.93. The third-order valence-electron chi connectivity index (χ3n) is 4.30. The highest BCUT2D eigenvalue weighted by Gasteiger charge is 2.27. The molecule has 3 aromatic rings. The quantitative estimate of drug-likeness (QED) is 0.426. The van der Waals surface area contributed by atoms with E-state index >= 15 is 0 Å². The van der Waals surface area contributed by atoms with E-state index in [-0.39, 0.29) is 22.7 Å². The zero-order valence-electron chi connectivity index (χ0n) is 17.4. The first kappa shape index (κ1) is 25.1. The fraction of sp³-hybridized carbons (Fsp3) is 0.190. The van der Waals surface area contributed by atoms with Crippen LogP contribution < -0.4 is 5.32 Å². The number of halogens is 2. The van der Waals surface area contributed by atoms with Gasteiger partial charge in [-0.25, -0.2) is 18.0 Å². The molecule has 0 aliphatic carbocycles. The predicted octanol–water partition coefficient (Wildman–Crippen LogP) is 3.98. The first-order chi connectivity index (χ1) is 16.1. The molecular formula is C21H17F2NO8S2. The van der Waals surface area contributed by atoms with Crippen LogP contribution in [-0.2, 0) is 24.1 Å². The van der Waals surface area contributed by atoms with Crippen molar-refractivity contribution in [2.24, 2.45) is 0 Å². The number of sulfone groups is 1. The molecule has 0 aliphatic heterocycles. The highest BCUT2D eigenvalue weighted by Crippen LogP contribution is 2.36. The Kier molecular flexibility index (Phi) is 7.79. The maximum absolute atomic E-state index is 12.6. The highest BCUT2D eigenvalue weighted by molar-refractivity contribution is 7.91. The van der Waals surface area contributed by atoms with Crippen molar-refractivity contribution in [3.63, 3.8) is 0 Å². The Morgan fingerprint density at radius 2 is 1.79 bits per heavy atom. The predicted molar refractivity (Wildman–Crippen MR) is 117 cm³/mol. The van der Waals surface area contributed by atoms with Gasteiger partial charge >= 0.3 is 17.7 Å². The number of ether oxygens (including phenoxy) is 2. The lowest BCUT2D eigenvalue weighted by Crippen LogP contribution is -2.22. The molecule has 3 rings (SSSR count). The van der Waals surface area contributed by atoms with Gasteiger partial charge in [-0.2, -0.15) is 8.78 Å². The molecule has 0 fully saturated rings. The summed E-state index contributed by atoms with van der Waals surface area (Å²) in [4.78, 5) is 36.2. The van der Waals surface area contributed by atoms with Crippen molar-refractivity contribution in [3.05, 3.63) is 59.2 Å². The number of esters is 2. The van der Waals surface area contributed by atoms with E-state index in [1.165, 1.54) is 6.26 Å². The van der Waals surface area contributed by atoms with Crippen LogP contribution in [-0.4, -0.2) is 45.2 Å². The summed E-state index contributed by atoms with van der Waals surface area (Å²) in [5.41, 5.74) is 0.348. The minimum absolute atomic E-state index is 0.0808. The number of rotatable bonds is 9. The summed E-state index contributed by atoms with van der Waals surface area (Å²) in [6.45, 7) is 1.00. The summed E-state index contributed by atoms with van der Waals surface area (Å²) in [7, 11) is -4.80. The van der Waals surface area contributed by atoms with Gasteiger partial charge in [0.25, 0.3) is 5.91 Å². The first-order valence-corrected chi connectivity index (χ1v) is 12.0. The van der Waals surface area contributed by atoms with E-state index in [4.69, 9.17) is 13.9 Å². The maximum atomic E-state index is 12.6. The number of hydrogen-bond donors (Lipinski definition) is 1. The van der Waals surface area contributed by atoms with Crippen LogP contribution >= 0.6 is 11.3 Å². The number of carbonyl (C=O) groups excluding carboxylic acids is 3. The van der Waals surface area contributed by atoms with Gasteiger partial charge in [-0.15, -0.1) is 11.3 Å². The number of alkyl halides is 2. The molecule has 1 aromatic carbocycles. The van der Waals surface area contributed by atoms with E-state index in [1.54, 1.807) is 24.4 Å². The Morgan fingerprint density at radius 3 is 2.38 bits per heavy atom. The number of nitrogens with one attached hydrogen (secondary N) is 1. The Hall–Kier alpha value is -3.58. The second-order valence-electron chi connectivity index (χ2n) is 6.51. The molecule has 2 heterocycles. The van der Waals surface area contributed by atoms with Crippen LogP contribution in [0.5, 0.6) is 0 Å². The third kappa shape index (κ3) is 5.48. The monoisotopic (exact) mass is 513 g/mol. The second-order valence-corrected chi connectivity index (χ2v) is 9.30. The van der Waals surface area contributed by atoms with Gasteiger partial charge < -0.3 is 19.2 Å². The lowest BCUT2D eigenvalue weighted by atomic mass is 10.1. The smallest absolute Gasteiger partial charge is 0.341 e. The largest absolute Gasteiger partial charge is 0.464 e. The molecule has 0 atom stereocenters. The molecule has 34 heavy (non-hydrogen) atoms. The van der Waals surface area contributed by atoms with Crippen LogP contribution in [0.3, 0.4) is 0 Å². The van der Waals surface area contributed by atoms with E-state index < -0.39 is 44.9 Å². The molecule has 9 nitrogen and oxygen atoms in total. The molecule has 1 N–H and O–H groups in total. The van der Waals surface area contributed by atoms with Crippen molar-refractivity contribution >= 4 is 44.0 Å². The number of hydrogen-bond acceptors (Lipinski definition) is 9. The topological polar surface area (TPSA) is 129 Å². The average molecular weight is 513 g/mol. The van der Waals surface area contributed by atoms with Crippen LogP contribution in [0.4, 0.5) is 13.8 Å². The van der Waals surface area contributed by atoms with Gasteiger partial charge in [0.15, 0.2) is 6.61 Å². The van der Waals surface area contributed by atoms with Gasteiger partial charge in [0.2, 0.25) is 9.84 Å². The van der Waals surface area contributed by atoms with E-state index in [9.17, 15) is 31.6 Å². The molecule has 1 amide bonds. The zero-order valence-corrected chi connectivity index (χ0v) is 19.1. The average Bonchev–Trinajstić information content (AvgIpc) is 3.47. The van der Waals surface area contributed by atoms with Crippen molar-refractivity contribution in [2.45, 2.75) is 17.6 Å². The van der Waals surface area contributed by atoms with Crippen molar-refractivity contribution in [2.75, 3.05) is 18.5 Å². The standard InChI is InChI=1S/C21H17F2NO8S2/c1-2-30-20(27)17-14(15-4-3-9-31-15)11-33-18(17)24-16(25)10-32-19(26)12-5-7-13(8-6-12)34(28,29)21(22)23/h3-9,11,21H,2,10H2,1H3,(H,24,25). The Morgan fingerprint density at radius 1 is 1.09 bits per heavy atom. The highest BCUT2D eigenvalue weighted by atomic mass is 32.2. The van der Waals surface area contributed by atoms with Gasteiger partial charge in [0.1, 0.15) is 16.3 Å². The maximum Gasteiger partial charge on any atom is 0.341 e. The van der Waals surface area contributed by atoms with Crippen LogP contribution in [0.25, 0.3) is 11.3 Å². The van der Waals surface area contributed by atoms with Gasteiger partial charge in [-0.05, 0) is 43.3 Å². The van der Waals surface area contributed by atoms with Crippen molar-refractivity contribution < 1.29 is 45.5 Å². The summed E-state index contributed by atoms with van der Waals surface area (Å²) >= 11 is 1.04. The van der Waals surface area contributed by atoms with Crippen LogP contribution in [0, 0.1) is 0 Å². The van der Waals surface area contributed by atoms with Crippen molar-refractivity contribution in [3.8, 4) is 11.3 Å². The number of benzene rings is 1. The summed E-state index contributed by atoms with van der Waals surface area (Å²) in [6.07, 6.45) is 1.43. The van der Waals surface area contributed by atoms with Gasteiger partial charge in [-0.3, -0.25) is 4.79 Å². The second kappa shape index (κ2) is 10.6. The van der Waals surface area contributed by atoms with Gasteiger partial charge in [-0.1, -0.05) is 0 Å². The normalized spacial score (nSPS) is 11.3. The Balaban J connectivity index is 1.67. The third-order valence-corrected chi connectivity index (χ3v) is 6.59. The number of furan rings is 1. The van der Waals surface area contributed by atoms with E-state index in [0.717, 1.165) is 35.6 Å². The first-order valence-electron chi connectivity index (χ1n) is 9.56. The van der Waals surface area contributed by atoms with Gasteiger partial charge in [0, 0.05) is 10.9 Å². The van der Waals surface area contributed by atoms with Crippen molar-refractivity contribution in [1.29, 1.82) is 0 Å². The fourth-order valence-electron chi connectivity index (χ4n) is 2.73. The molecule has 2 aromatic heterocycles. The van der Waals surface area contributed by atoms with Crippen molar-refractivity contribution in [1.82, 2.24) is 0 Å². The molecule has 0 saturated heterocycles. The van der Waals surface area contributed by atoms with E-state index in [2.05, 4.69) is 5.32 Å². The van der Waals surface area contributed by atoms with Crippen LogP contribution in [0.1, 0.15) is 27.6 Å². The van der Waals surface area contributed by atoms with E-state index in [1.807, 2.05) is 0 Å². The minimum atomic E-state index is -4.80. The molecule has 180 valence electrons.